The summed E-state index contributed by atoms with van der Waals surface area (Å²) in [6.45, 7) is 2.01. The van der Waals surface area contributed by atoms with Crippen LogP contribution in [0.15, 0.2) is 18.2 Å². The normalized spacial score (nSPS) is 20.6. The number of amides is 1. The van der Waals surface area contributed by atoms with Gasteiger partial charge in [-0.25, -0.2) is 8.42 Å². The molecule has 1 aromatic rings. The summed E-state index contributed by atoms with van der Waals surface area (Å²) in [5.74, 6) is -0.0122. The third-order valence-corrected chi connectivity index (χ3v) is 5.23. The lowest BCUT2D eigenvalue weighted by Crippen LogP contribution is -2.39. The molecule has 1 fully saturated rings. The Bertz CT molecular complexity index is 616. The molecule has 1 unspecified atom stereocenters. The lowest BCUT2D eigenvalue weighted by atomic mass is 10.2. The fourth-order valence-electron chi connectivity index (χ4n) is 2.19. The van der Waals surface area contributed by atoms with Crippen molar-refractivity contribution >= 4 is 33.0 Å². The van der Waals surface area contributed by atoms with Gasteiger partial charge in [-0.2, -0.15) is 0 Å². The number of benzene rings is 1. The Balaban J connectivity index is 1.84. The molecule has 1 heterocycles. The van der Waals surface area contributed by atoms with Gasteiger partial charge in [0.15, 0.2) is 9.84 Å². The van der Waals surface area contributed by atoms with Gasteiger partial charge < -0.3 is 10.6 Å². The summed E-state index contributed by atoms with van der Waals surface area (Å²) < 4.78 is 22.6. The van der Waals surface area contributed by atoms with E-state index in [1.165, 1.54) is 0 Å². The largest absolute Gasteiger partial charge is 0.376 e. The van der Waals surface area contributed by atoms with Gasteiger partial charge in [0.05, 0.1) is 18.1 Å². The molecule has 1 aliphatic rings. The van der Waals surface area contributed by atoms with Gasteiger partial charge in [-0.3, -0.25) is 4.79 Å². The standard InChI is InChI=1S/C13H17ClN2O3S/c1-9-6-10(14)2-3-12(9)15-7-13(17)16-11-4-5-20(18,19)8-11/h2-3,6,11,15H,4-5,7-8H2,1H3,(H,16,17). The molecule has 0 aromatic heterocycles. The van der Waals surface area contributed by atoms with Gasteiger partial charge in [0, 0.05) is 16.8 Å². The van der Waals surface area contributed by atoms with E-state index in [1.807, 2.05) is 19.1 Å². The molecule has 1 amide bonds. The van der Waals surface area contributed by atoms with E-state index >= 15 is 0 Å². The van der Waals surface area contributed by atoms with Gasteiger partial charge in [0.1, 0.15) is 0 Å². The number of rotatable bonds is 4. The fourth-order valence-corrected chi connectivity index (χ4v) is 4.09. The highest BCUT2D eigenvalue weighted by Crippen LogP contribution is 2.19. The van der Waals surface area contributed by atoms with E-state index in [0.717, 1.165) is 11.3 Å². The second kappa shape index (κ2) is 6.01. The summed E-state index contributed by atoms with van der Waals surface area (Å²) in [6, 6.07) is 5.11. The van der Waals surface area contributed by atoms with Gasteiger partial charge in [-0.1, -0.05) is 11.6 Å². The van der Waals surface area contributed by atoms with E-state index in [-0.39, 0.29) is 30.0 Å². The van der Waals surface area contributed by atoms with Gasteiger partial charge in [0.2, 0.25) is 5.91 Å². The van der Waals surface area contributed by atoms with Crippen molar-refractivity contribution in [2.45, 2.75) is 19.4 Å². The second-order valence-electron chi connectivity index (χ2n) is 4.98. The van der Waals surface area contributed by atoms with E-state index < -0.39 is 9.84 Å². The topological polar surface area (TPSA) is 75.3 Å². The van der Waals surface area contributed by atoms with E-state index in [1.54, 1.807) is 6.07 Å². The maximum atomic E-state index is 11.8. The number of aryl methyl sites for hydroxylation is 1. The van der Waals surface area contributed by atoms with Crippen molar-refractivity contribution in [3.8, 4) is 0 Å². The van der Waals surface area contributed by atoms with Gasteiger partial charge in [-0.15, -0.1) is 0 Å². The third-order valence-electron chi connectivity index (χ3n) is 3.23. The van der Waals surface area contributed by atoms with Crippen LogP contribution in [-0.4, -0.2) is 38.4 Å². The molecule has 110 valence electrons. The Morgan fingerprint density at radius 2 is 2.20 bits per heavy atom. The van der Waals surface area contributed by atoms with E-state index in [2.05, 4.69) is 10.6 Å². The zero-order valence-corrected chi connectivity index (χ0v) is 12.7. The molecule has 5 nitrogen and oxygen atoms in total. The van der Waals surface area contributed by atoms with Gasteiger partial charge in [-0.05, 0) is 37.1 Å². The Labute approximate surface area is 123 Å². The first-order valence-electron chi connectivity index (χ1n) is 6.35. The number of sulfone groups is 1. The number of nitrogens with one attached hydrogen (secondary N) is 2. The second-order valence-corrected chi connectivity index (χ2v) is 7.65. The van der Waals surface area contributed by atoms with Crippen molar-refractivity contribution < 1.29 is 13.2 Å². The highest BCUT2D eigenvalue weighted by Gasteiger charge is 2.28. The fraction of sp³-hybridized carbons (Fsp3) is 0.462. The van der Waals surface area contributed by atoms with E-state index in [0.29, 0.717) is 11.4 Å². The van der Waals surface area contributed by atoms with Crippen molar-refractivity contribution in [3.05, 3.63) is 28.8 Å². The number of carbonyl (C=O) groups excluding carboxylic acids is 1. The summed E-state index contributed by atoms with van der Waals surface area (Å²) in [6.07, 6.45) is 0.494. The molecule has 0 saturated carbocycles. The Kier molecular flexibility index (Phi) is 4.55. The van der Waals surface area contributed by atoms with Crippen LogP contribution >= 0.6 is 11.6 Å². The van der Waals surface area contributed by atoms with Crippen LogP contribution in [0.1, 0.15) is 12.0 Å². The highest BCUT2D eigenvalue weighted by atomic mass is 35.5. The van der Waals surface area contributed by atoms with Crippen molar-refractivity contribution in [1.29, 1.82) is 0 Å². The molecule has 1 aromatic carbocycles. The first-order valence-corrected chi connectivity index (χ1v) is 8.55. The smallest absolute Gasteiger partial charge is 0.239 e. The van der Waals surface area contributed by atoms with Crippen molar-refractivity contribution in [2.75, 3.05) is 23.4 Å². The molecular weight excluding hydrogens is 300 g/mol. The quantitative estimate of drug-likeness (QED) is 0.879. The predicted molar refractivity (Wildman–Crippen MR) is 79.9 cm³/mol. The van der Waals surface area contributed by atoms with Crippen molar-refractivity contribution in [3.63, 3.8) is 0 Å². The SMILES string of the molecule is Cc1cc(Cl)ccc1NCC(=O)NC1CCS(=O)(=O)C1. The monoisotopic (exact) mass is 316 g/mol. The summed E-state index contributed by atoms with van der Waals surface area (Å²) >= 11 is 5.86. The van der Waals surface area contributed by atoms with Crippen LogP contribution in [0.2, 0.25) is 5.02 Å². The molecule has 0 spiro atoms. The van der Waals surface area contributed by atoms with Crippen LogP contribution in [0.4, 0.5) is 5.69 Å². The zero-order valence-electron chi connectivity index (χ0n) is 11.1. The first-order chi connectivity index (χ1) is 9.35. The Hall–Kier alpha value is -1.27. The Morgan fingerprint density at radius 3 is 2.80 bits per heavy atom. The van der Waals surface area contributed by atoms with Crippen LogP contribution in [0.3, 0.4) is 0 Å². The van der Waals surface area contributed by atoms with Crippen LogP contribution in [0, 0.1) is 6.92 Å². The van der Waals surface area contributed by atoms with Crippen molar-refractivity contribution in [1.82, 2.24) is 5.32 Å². The molecule has 1 aliphatic heterocycles. The number of anilines is 1. The van der Waals surface area contributed by atoms with Crippen LogP contribution < -0.4 is 10.6 Å². The molecule has 2 rings (SSSR count). The average Bonchev–Trinajstić information content (AvgIpc) is 2.67. The van der Waals surface area contributed by atoms with E-state index in [9.17, 15) is 13.2 Å². The minimum atomic E-state index is -2.97. The van der Waals surface area contributed by atoms with Gasteiger partial charge in [0.25, 0.3) is 0 Å². The maximum absolute atomic E-state index is 11.8. The molecule has 1 saturated heterocycles. The average molecular weight is 317 g/mol. The van der Waals surface area contributed by atoms with Crippen LogP contribution in [0.5, 0.6) is 0 Å². The van der Waals surface area contributed by atoms with Crippen LogP contribution in [-0.2, 0) is 14.6 Å². The Morgan fingerprint density at radius 1 is 1.45 bits per heavy atom. The molecule has 0 radical (unpaired) electrons. The highest BCUT2D eigenvalue weighted by molar-refractivity contribution is 7.91. The minimum Gasteiger partial charge on any atom is -0.376 e. The summed E-state index contributed by atoms with van der Waals surface area (Å²) in [7, 11) is -2.97. The minimum absolute atomic E-state index is 0.0404. The summed E-state index contributed by atoms with van der Waals surface area (Å²) in [5, 5.41) is 6.39. The summed E-state index contributed by atoms with van der Waals surface area (Å²) in [4.78, 5) is 11.8. The lowest BCUT2D eigenvalue weighted by Gasteiger charge is -2.13. The molecule has 1 atom stereocenters. The molecular formula is C13H17ClN2O3S. The molecule has 2 N–H and O–H groups in total. The molecule has 0 bridgehead atoms. The molecule has 20 heavy (non-hydrogen) atoms. The molecule has 0 aliphatic carbocycles. The zero-order chi connectivity index (χ0) is 14.8. The van der Waals surface area contributed by atoms with Gasteiger partial charge >= 0.3 is 0 Å². The van der Waals surface area contributed by atoms with Crippen molar-refractivity contribution in [2.24, 2.45) is 0 Å². The predicted octanol–water partition coefficient (Wildman–Crippen LogP) is 1.36. The first kappa shape index (κ1) is 15.1. The number of hydrogen-bond donors (Lipinski definition) is 2. The third kappa shape index (κ3) is 4.11. The summed E-state index contributed by atoms with van der Waals surface area (Å²) in [5.41, 5.74) is 1.79. The lowest BCUT2D eigenvalue weighted by molar-refractivity contribution is -0.119. The maximum Gasteiger partial charge on any atom is 0.239 e. The number of halogens is 1. The molecule has 7 heteroatoms. The van der Waals surface area contributed by atoms with E-state index in [4.69, 9.17) is 11.6 Å². The van der Waals surface area contributed by atoms with Crippen LogP contribution in [0.25, 0.3) is 0 Å². The number of hydrogen-bond acceptors (Lipinski definition) is 4. The number of carbonyl (C=O) groups is 1.